The summed E-state index contributed by atoms with van der Waals surface area (Å²) in [6.07, 6.45) is 0. The number of rotatable bonds is 4. The summed E-state index contributed by atoms with van der Waals surface area (Å²) in [4.78, 5) is 19.4. The molecule has 0 saturated carbocycles. The van der Waals surface area contributed by atoms with Crippen LogP contribution in [0.5, 0.6) is 0 Å². The molecule has 1 saturated heterocycles. The number of anilines is 1. The van der Waals surface area contributed by atoms with Crippen LogP contribution in [-0.2, 0) is 6.54 Å². The van der Waals surface area contributed by atoms with Crippen molar-refractivity contribution >= 4 is 23.0 Å². The van der Waals surface area contributed by atoms with Gasteiger partial charge in [-0.15, -0.1) is 0 Å². The second-order valence-corrected chi connectivity index (χ2v) is 6.77. The number of aryl methyl sites for hydroxylation is 3. The van der Waals surface area contributed by atoms with E-state index >= 15 is 0 Å². The fourth-order valence-electron chi connectivity index (χ4n) is 3.15. The molecular formula is C17H21ClN4O3. The summed E-state index contributed by atoms with van der Waals surface area (Å²) in [5.41, 5.74) is 2.67. The minimum atomic E-state index is -0.416. The topological polar surface area (TPSA) is 75.7 Å². The summed E-state index contributed by atoms with van der Waals surface area (Å²) in [7, 11) is 0. The van der Waals surface area contributed by atoms with Crippen LogP contribution in [0, 0.1) is 30.9 Å². The first-order valence-electron chi connectivity index (χ1n) is 8.20. The highest BCUT2D eigenvalue weighted by molar-refractivity contribution is 6.33. The Balaban J connectivity index is 1.67. The average molecular weight is 365 g/mol. The molecule has 2 aromatic rings. The highest BCUT2D eigenvalue weighted by Gasteiger charge is 2.23. The van der Waals surface area contributed by atoms with Crippen molar-refractivity contribution in [3.05, 3.63) is 50.2 Å². The number of nitro benzene ring substituents is 1. The SMILES string of the molecule is Cc1cc([N+](=O)[O-])cc(Cl)c1N1CCN(Cc2nc(C)c(C)o2)CC1. The van der Waals surface area contributed by atoms with Gasteiger partial charge in [0.25, 0.3) is 5.69 Å². The Morgan fingerprint density at radius 2 is 1.92 bits per heavy atom. The van der Waals surface area contributed by atoms with Gasteiger partial charge in [0.1, 0.15) is 5.76 Å². The summed E-state index contributed by atoms with van der Waals surface area (Å²) >= 11 is 6.31. The smallest absolute Gasteiger partial charge is 0.271 e. The average Bonchev–Trinajstić information content (AvgIpc) is 2.86. The van der Waals surface area contributed by atoms with Gasteiger partial charge in [-0.25, -0.2) is 4.98 Å². The molecule has 0 radical (unpaired) electrons. The third-order valence-electron chi connectivity index (χ3n) is 4.57. The second-order valence-electron chi connectivity index (χ2n) is 6.36. The molecule has 1 aromatic heterocycles. The van der Waals surface area contributed by atoms with Crippen molar-refractivity contribution in [3.63, 3.8) is 0 Å². The minimum absolute atomic E-state index is 0.0273. The monoisotopic (exact) mass is 364 g/mol. The maximum absolute atomic E-state index is 10.9. The van der Waals surface area contributed by atoms with E-state index in [2.05, 4.69) is 14.8 Å². The zero-order valence-corrected chi connectivity index (χ0v) is 15.3. The molecule has 1 fully saturated rings. The van der Waals surface area contributed by atoms with Crippen molar-refractivity contribution in [2.45, 2.75) is 27.3 Å². The molecule has 0 N–H and O–H groups in total. The third-order valence-corrected chi connectivity index (χ3v) is 4.86. The number of non-ortho nitro benzene ring substituents is 1. The molecule has 0 atom stereocenters. The first kappa shape index (κ1) is 17.7. The van der Waals surface area contributed by atoms with Crippen molar-refractivity contribution in [1.82, 2.24) is 9.88 Å². The fourth-order valence-corrected chi connectivity index (χ4v) is 3.53. The van der Waals surface area contributed by atoms with Gasteiger partial charge in [-0.3, -0.25) is 15.0 Å². The molecule has 1 aliphatic heterocycles. The molecular weight excluding hydrogens is 344 g/mol. The molecule has 0 spiro atoms. The van der Waals surface area contributed by atoms with Crippen LogP contribution in [0.4, 0.5) is 11.4 Å². The van der Waals surface area contributed by atoms with Gasteiger partial charge < -0.3 is 9.32 Å². The Morgan fingerprint density at radius 3 is 2.44 bits per heavy atom. The van der Waals surface area contributed by atoms with Gasteiger partial charge in [-0.2, -0.15) is 0 Å². The normalized spacial score (nSPS) is 15.6. The molecule has 2 heterocycles. The molecule has 134 valence electrons. The van der Waals surface area contributed by atoms with Gasteiger partial charge in [-0.05, 0) is 26.3 Å². The zero-order valence-electron chi connectivity index (χ0n) is 14.6. The Morgan fingerprint density at radius 1 is 1.24 bits per heavy atom. The molecule has 0 unspecified atom stereocenters. The largest absolute Gasteiger partial charge is 0.444 e. The number of aromatic nitrogens is 1. The van der Waals surface area contributed by atoms with Crippen LogP contribution in [0.15, 0.2) is 16.5 Å². The lowest BCUT2D eigenvalue weighted by molar-refractivity contribution is -0.384. The highest BCUT2D eigenvalue weighted by Crippen LogP contribution is 2.34. The first-order chi connectivity index (χ1) is 11.8. The summed E-state index contributed by atoms with van der Waals surface area (Å²) in [6.45, 7) is 9.73. The van der Waals surface area contributed by atoms with Crippen LogP contribution in [-0.4, -0.2) is 41.0 Å². The van der Waals surface area contributed by atoms with E-state index in [1.165, 1.54) is 6.07 Å². The Labute approximate surface area is 151 Å². The Kier molecular flexibility index (Phi) is 4.96. The number of nitrogens with zero attached hydrogens (tertiary/aromatic N) is 4. The van der Waals surface area contributed by atoms with Crippen LogP contribution in [0.2, 0.25) is 5.02 Å². The van der Waals surface area contributed by atoms with E-state index in [9.17, 15) is 10.1 Å². The molecule has 1 aromatic carbocycles. The van der Waals surface area contributed by atoms with Crippen molar-refractivity contribution in [2.75, 3.05) is 31.1 Å². The van der Waals surface area contributed by atoms with Crippen LogP contribution in [0.1, 0.15) is 22.9 Å². The quantitative estimate of drug-likeness (QED) is 0.610. The highest BCUT2D eigenvalue weighted by atomic mass is 35.5. The van der Waals surface area contributed by atoms with E-state index in [-0.39, 0.29) is 5.69 Å². The molecule has 8 heteroatoms. The first-order valence-corrected chi connectivity index (χ1v) is 8.57. The van der Waals surface area contributed by atoms with E-state index in [1.54, 1.807) is 6.07 Å². The van der Waals surface area contributed by atoms with Crippen molar-refractivity contribution in [1.29, 1.82) is 0 Å². The molecule has 25 heavy (non-hydrogen) atoms. The van der Waals surface area contributed by atoms with Gasteiger partial charge >= 0.3 is 0 Å². The molecule has 7 nitrogen and oxygen atoms in total. The van der Waals surface area contributed by atoms with Gasteiger partial charge in [0, 0.05) is 38.3 Å². The molecule has 0 amide bonds. The van der Waals surface area contributed by atoms with Crippen LogP contribution < -0.4 is 4.90 Å². The Hall–Kier alpha value is -2.12. The van der Waals surface area contributed by atoms with E-state index in [1.807, 2.05) is 20.8 Å². The lowest BCUT2D eigenvalue weighted by atomic mass is 10.1. The number of hydrogen-bond donors (Lipinski definition) is 0. The number of benzene rings is 1. The summed E-state index contributed by atoms with van der Waals surface area (Å²) in [6, 6.07) is 3.00. The zero-order chi connectivity index (χ0) is 18.1. The van der Waals surface area contributed by atoms with Gasteiger partial charge in [0.2, 0.25) is 5.89 Å². The van der Waals surface area contributed by atoms with E-state index in [0.29, 0.717) is 11.6 Å². The van der Waals surface area contributed by atoms with Gasteiger partial charge in [0.05, 0.1) is 27.9 Å². The van der Waals surface area contributed by atoms with Gasteiger partial charge in [-0.1, -0.05) is 11.6 Å². The maximum Gasteiger partial charge on any atom is 0.271 e. The number of hydrogen-bond acceptors (Lipinski definition) is 6. The molecule has 3 rings (SSSR count). The van der Waals surface area contributed by atoms with Crippen molar-refractivity contribution < 1.29 is 9.34 Å². The summed E-state index contributed by atoms with van der Waals surface area (Å²) in [5.74, 6) is 1.61. The predicted octanol–water partition coefficient (Wildman–Crippen LogP) is 3.48. The van der Waals surface area contributed by atoms with Crippen LogP contribution in [0.25, 0.3) is 0 Å². The van der Waals surface area contributed by atoms with Gasteiger partial charge in [0.15, 0.2) is 0 Å². The molecule has 1 aliphatic rings. The van der Waals surface area contributed by atoms with Crippen molar-refractivity contribution in [2.24, 2.45) is 0 Å². The maximum atomic E-state index is 10.9. The summed E-state index contributed by atoms with van der Waals surface area (Å²) in [5, 5.41) is 11.4. The number of oxazole rings is 1. The number of nitro groups is 1. The van der Waals surface area contributed by atoms with E-state index < -0.39 is 4.92 Å². The van der Waals surface area contributed by atoms with E-state index in [4.69, 9.17) is 16.0 Å². The second kappa shape index (κ2) is 7.01. The van der Waals surface area contributed by atoms with Crippen molar-refractivity contribution in [3.8, 4) is 0 Å². The predicted molar refractivity (Wildman–Crippen MR) is 96.3 cm³/mol. The molecule has 0 aliphatic carbocycles. The number of halogens is 1. The standard InChI is InChI=1S/C17H21ClN4O3/c1-11-8-14(22(23)24)9-15(18)17(11)21-6-4-20(5-7-21)10-16-19-12(2)13(3)25-16/h8-9H,4-7,10H2,1-3H3. The summed E-state index contributed by atoms with van der Waals surface area (Å²) < 4.78 is 5.65. The lowest BCUT2D eigenvalue weighted by Crippen LogP contribution is -2.46. The Bertz CT molecular complexity index is 755. The fraction of sp³-hybridized carbons (Fsp3) is 0.471. The lowest BCUT2D eigenvalue weighted by Gasteiger charge is -2.36. The minimum Gasteiger partial charge on any atom is -0.444 e. The van der Waals surface area contributed by atoms with Crippen LogP contribution >= 0.6 is 11.6 Å². The van der Waals surface area contributed by atoms with E-state index in [0.717, 1.165) is 54.8 Å². The third kappa shape index (κ3) is 3.77. The number of piperazine rings is 1. The van der Waals surface area contributed by atoms with Crippen LogP contribution in [0.3, 0.4) is 0 Å². The molecule has 0 bridgehead atoms.